The van der Waals surface area contributed by atoms with Crippen LogP contribution >= 0.6 is 0 Å². The fourth-order valence-electron chi connectivity index (χ4n) is 2.00. The molecule has 1 aromatic rings. The lowest BCUT2D eigenvalue weighted by molar-refractivity contribution is 0.147. The molecule has 1 heterocycles. The van der Waals surface area contributed by atoms with E-state index in [9.17, 15) is 0 Å². The summed E-state index contributed by atoms with van der Waals surface area (Å²) in [5, 5.41) is 8.88. The zero-order chi connectivity index (χ0) is 12.0. The van der Waals surface area contributed by atoms with Crippen LogP contribution < -0.4 is 5.73 Å². The molecule has 0 saturated carbocycles. The average Bonchev–Trinajstić information content (AvgIpc) is 2.76. The molecule has 1 aromatic heterocycles. The molecule has 0 saturated heterocycles. The zero-order valence-corrected chi connectivity index (χ0v) is 10.1. The van der Waals surface area contributed by atoms with Gasteiger partial charge in [-0.3, -0.25) is 4.90 Å². The Labute approximate surface area is 97.0 Å². The molecule has 0 radical (unpaired) electrons. The number of likely N-dealkylation sites (N-methyl/N-ethyl adjacent to an activating group) is 1. The van der Waals surface area contributed by atoms with Gasteiger partial charge in [0.2, 0.25) is 0 Å². The Morgan fingerprint density at radius 1 is 1.56 bits per heavy atom. The van der Waals surface area contributed by atoms with E-state index in [1.165, 1.54) is 0 Å². The van der Waals surface area contributed by atoms with Gasteiger partial charge in [-0.15, -0.1) is 0 Å². The predicted molar refractivity (Wildman–Crippen MR) is 64.0 cm³/mol. The molecule has 0 aliphatic carbocycles. The minimum absolute atomic E-state index is 0.00444. The molecule has 0 aliphatic rings. The Morgan fingerprint density at radius 3 is 2.75 bits per heavy atom. The lowest BCUT2D eigenvalue weighted by atomic mass is 10.1. The van der Waals surface area contributed by atoms with Gasteiger partial charge < -0.3 is 15.3 Å². The molecule has 0 aliphatic heterocycles. The van der Waals surface area contributed by atoms with Crippen LogP contribution in [0.1, 0.15) is 32.1 Å². The fourth-order valence-corrected chi connectivity index (χ4v) is 2.00. The third-order valence-corrected chi connectivity index (χ3v) is 2.74. The molecule has 0 spiro atoms. The quantitative estimate of drug-likeness (QED) is 0.737. The average molecular weight is 226 g/mol. The summed E-state index contributed by atoms with van der Waals surface area (Å²) in [7, 11) is 0. The molecule has 4 heteroatoms. The first kappa shape index (κ1) is 13.2. The van der Waals surface area contributed by atoms with Crippen molar-refractivity contribution in [3.05, 3.63) is 24.2 Å². The van der Waals surface area contributed by atoms with Crippen LogP contribution in [-0.2, 0) is 0 Å². The van der Waals surface area contributed by atoms with Crippen molar-refractivity contribution in [2.24, 2.45) is 5.73 Å². The fraction of sp³-hybridized carbons (Fsp3) is 0.667. The first-order valence-electron chi connectivity index (χ1n) is 5.84. The summed E-state index contributed by atoms with van der Waals surface area (Å²) in [6.07, 6.45) is 2.43. The maximum atomic E-state index is 8.88. The van der Waals surface area contributed by atoms with Gasteiger partial charge in [0.15, 0.2) is 0 Å². The van der Waals surface area contributed by atoms with Crippen molar-refractivity contribution in [2.45, 2.75) is 32.4 Å². The Bertz CT molecular complexity index is 273. The van der Waals surface area contributed by atoms with Gasteiger partial charge in [-0.2, -0.15) is 0 Å². The maximum absolute atomic E-state index is 8.88. The molecule has 1 rings (SSSR count). The third-order valence-electron chi connectivity index (χ3n) is 2.74. The van der Waals surface area contributed by atoms with Gasteiger partial charge in [-0.05, 0) is 32.0 Å². The smallest absolute Gasteiger partial charge is 0.122 e. The standard InChI is InChI=1S/C12H22N2O2/c1-3-14(7-5-8-15)12(10(2)13)11-6-4-9-16-11/h4,6,9-10,12,15H,3,5,7-8,13H2,1-2H3. The van der Waals surface area contributed by atoms with Gasteiger partial charge >= 0.3 is 0 Å². The van der Waals surface area contributed by atoms with E-state index >= 15 is 0 Å². The van der Waals surface area contributed by atoms with Gasteiger partial charge in [0.1, 0.15) is 5.76 Å². The number of nitrogens with two attached hydrogens (primary N) is 1. The third kappa shape index (κ3) is 3.33. The van der Waals surface area contributed by atoms with E-state index < -0.39 is 0 Å². The van der Waals surface area contributed by atoms with Crippen molar-refractivity contribution in [3.63, 3.8) is 0 Å². The second kappa shape index (κ2) is 6.68. The number of furan rings is 1. The summed E-state index contributed by atoms with van der Waals surface area (Å²) >= 11 is 0. The van der Waals surface area contributed by atoms with Crippen LogP contribution in [0.3, 0.4) is 0 Å². The van der Waals surface area contributed by atoms with Crippen molar-refractivity contribution < 1.29 is 9.52 Å². The summed E-state index contributed by atoms with van der Waals surface area (Å²) in [6, 6.07) is 3.93. The SMILES string of the molecule is CCN(CCCO)C(c1ccco1)C(C)N. The molecular weight excluding hydrogens is 204 g/mol. The van der Waals surface area contributed by atoms with Crippen LogP contribution in [0, 0.1) is 0 Å². The lowest BCUT2D eigenvalue weighted by Gasteiger charge is -2.31. The molecule has 2 unspecified atom stereocenters. The van der Waals surface area contributed by atoms with E-state index in [4.69, 9.17) is 15.3 Å². The minimum Gasteiger partial charge on any atom is -0.468 e. The van der Waals surface area contributed by atoms with Crippen molar-refractivity contribution in [1.29, 1.82) is 0 Å². The number of hydrogen-bond donors (Lipinski definition) is 2. The van der Waals surface area contributed by atoms with E-state index in [0.29, 0.717) is 0 Å². The molecule has 0 amide bonds. The van der Waals surface area contributed by atoms with Crippen LogP contribution in [0.15, 0.2) is 22.8 Å². The molecular formula is C12H22N2O2. The van der Waals surface area contributed by atoms with Crippen molar-refractivity contribution >= 4 is 0 Å². The van der Waals surface area contributed by atoms with Crippen LogP contribution in [0.25, 0.3) is 0 Å². The maximum Gasteiger partial charge on any atom is 0.122 e. The largest absolute Gasteiger partial charge is 0.468 e. The van der Waals surface area contributed by atoms with E-state index in [-0.39, 0.29) is 18.7 Å². The number of aliphatic hydroxyl groups excluding tert-OH is 1. The van der Waals surface area contributed by atoms with Gasteiger partial charge in [0, 0.05) is 19.2 Å². The Hall–Kier alpha value is -0.840. The highest BCUT2D eigenvalue weighted by Gasteiger charge is 2.24. The van der Waals surface area contributed by atoms with Gasteiger partial charge in [0.05, 0.1) is 12.3 Å². The van der Waals surface area contributed by atoms with Crippen LogP contribution in [-0.4, -0.2) is 35.7 Å². The van der Waals surface area contributed by atoms with Crippen molar-refractivity contribution in [2.75, 3.05) is 19.7 Å². The molecule has 16 heavy (non-hydrogen) atoms. The van der Waals surface area contributed by atoms with Crippen LogP contribution in [0.2, 0.25) is 0 Å². The molecule has 0 aromatic carbocycles. The van der Waals surface area contributed by atoms with E-state index in [1.54, 1.807) is 6.26 Å². The van der Waals surface area contributed by atoms with E-state index in [0.717, 1.165) is 25.3 Å². The predicted octanol–water partition coefficient (Wildman–Crippen LogP) is 1.37. The van der Waals surface area contributed by atoms with Gasteiger partial charge in [-0.1, -0.05) is 6.92 Å². The highest BCUT2D eigenvalue weighted by Crippen LogP contribution is 2.23. The second-order valence-corrected chi connectivity index (χ2v) is 4.03. The normalized spacial score (nSPS) is 15.3. The first-order chi connectivity index (χ1) is 7.70. The number of aliphatic hydroxyl groups is 1. The molecule has 0 bridgehead atoms. The highest BCUT2D eigenvalue weighted by atomic mass is 16.3. The summed E-state index contributed by atoms with van der Waals surface area (Å²) in [5.41, 5.74) is 6.01. The minimum atomic E-state index is 0.00444. The van der Waals surface area contributed by atoms with Crippen molar-refractivity contribution in [1.82, 2.24) is 4.90 Å². The number of nitrogens with zero attached hydrogens (tertiary/aromatic N) is 1. The monoisotopic (exact) mass is 226 g/mol. The Morgan fingerprint density at radius 2 is 2.31 bits per heavy atom. The highest BCUT2D eigenvalue weighted by molar-refractivity contribution is 5.07. The Kier molecular flexibility index (Phi) is 5.52. The van der Waals surface area contributed by atoms with Gasteiger partial charge in [0.25, 0.3) is 0 Å². The summed E-state index contributed by atoms with van der Waals surface area (Å²) in [5.74, 6) is 0.898. The number of hydrogen-bond acceptors (Lipinski definition) is 4. The molecule has 0 fully saturated rings. The van der Waals surface area contributed by atoms with E-state index in [1.807, 2.05) is 19.1 Å². The molecule has 4 nitrogen and oxygen atoms in total. The summed E-state index contributed by atoms with van der Waals surface area (Å²) < 4.78 is 5.44. The van der Waals surface area contributed by atoms with Crippen molar-refractivity contribution in [3.8, 4) is 0 Å². The van der Waals surface area contributed by atoms with Crippen LogP contribution in [0.5, 0.6) is 0 Å². The first-order valence-corrected chi connectivity index (χ1v) is 5.84. The summed E-state index contributed by atoms with van der Waals surface area (Å²) in [6.45, 7) is 6.01. The van der Waals surface area contributed by atoms with E-state index in [2.05, 4.69) is 11.8 Å². The summed E-state index contributed by atoms with van der Waals surface area (Å²) in [4.78, 5) is 2.24. The number of rotatable bonds is 7. The topological polar surface area (TPSA) is 62.6 Å². The zero-order valence-electron chi connectivity index (χ0n) is 10.1. The van der Waals surface area contributed by atoms with Gasteiger partial charge in [-0.25, -0.2) is 0 Å². The molecule has 2 atom stereocenters. The van der Waals surface area contributed by atoms with Crippen LogP contribution in [0.4, 0.5) is 0 Å². The molecule has 3 N–H and O–H groups in total. The second-order valence-electron chi connectivity index (χ2n) is 4.03. The molecule has 92 valence electrons. The lowest BCUT2D eigenvalue weighted by Crippen LogP contribution is -2.40. The Balaban J connectivity index is 2.75.